The van der Waals surface area contributed by atoms with Crippen LogP contribution in [0.15, 0.2) is 42.0 Å². The highest BCUT2D eigenvalue weighted by molar-refractivity contribution is 7.13. The summed E-state index contributed by atoms with van der Waals surface area (Å²) in [4.78, 5) is 21.6. The second kappa shape index (κ2) is 9.01. The number of benzene rings is 1. The van der Waals surface area contributed by atoms with E-state index in [4.69, 9.17) is 4.74 Å². The Kier molecular flexibility index (Phi) is 6.46. The molecule has 1 N–H and O–H groups in total. The predicted octanol–water partition coefficient (Wildman–Crippen LogP) is 4.00. The standard InChI is InChI=1S/C21H26N4O2S/c1-5-27-17-8-6-15(7-9-17)21-23-16(13-28-21)12-18(26)24-19(14(2)3)20-22-10-11-25(20)4/h6-11,13-14,19H,5,12H2,1-4H3,(H,24,26)/t19-/m0/s1. The summed E-state index contributed by atoms with van der Waals surface area (Å²) in [5.41, 5.74) is 1.79. The van der Waals surface area contributed by atoms with E-state index in [1.165, 1.54) is 0 Å². The van der Waals surface area contributed by atoms with Crippen molar-refractivity contribution in [2.75, 3.05) is 6.61 Å². The number of rotatable bonds is 8. The van der Waals surface area contributed by atoms with Crippen LogP contribution in [-0.2, 0) is 18.3 Å². The highest BCUT2D eigenvalue weighted by Crippen LogP contribution is 2.26. The van der Waals surface area contributed by atoms with Gasteiger partial charge >= 0.3 is 0 Å². The number of amides is 1. The number of nitrogens with zero attached hydrogens (tertiary/aromatic N) is 3. The Labute approximate surface area is 169 Å². The molecule has 0 saturated heterocycles. The van der Waals surface area contributed by atoms with Crippen molar-refractivity contribution in [3.05, 3.63) is 53.6 Å². The molecular formula is C21H26N4O2S. The molecule has 0 unspecified atom stereocenters. The monoisotopic (exact) mass is 398 g/mol. The maximum absolute atomic E-state index is 12.6. The van der Waals surface area contributed by atoms with Crippen LogP contribution in [0.4, 0.5) is 0 Å². The van der Waals surface area contributed by atoms with E-state index in [9.17, 15) is 4.79 Å². The molecule has 0 fully saturated rings. The Morgan fingerprint density at radius 1 is 1.29 bits per heavy atom. The van der Waals surface area contributed by atoms with Gasteiger partial charge in [0.05, 0.1) is 24.8 Å². The third-order valence-electron chi connectivity index (χ3n) is 4.43. The zero-order chi connectivity index (χ0) is 20.1. The molecule has 0 radical (unpaired) electrons. The summed E-state index contributed by atoms with van der Waals surface area (Å²) >= 11 is 1.54. The van der Waals surface area contributed by atoms with Crippen LogP contribution < -0.4 is 10.1 Å². The van der Waals surface area contributed by atoms with Crippen LogP contribution in [0.3, 0.4) is 0 Å². The van der Waals surface area contributed by atoms with Crippen LogP contribution in [0, 0.1) is 5.92 Å². The maximum atomic E-state index is 12.6. The van der Waals surface area contributed by atoms with Gasteiger partial charge in [0.2, 0.25) is 5.91 Å². The number of carbonyl (C=O) groups is 1. The fourth-order valence-electron chi connectivity index (χ4n) is 2.98. The van der Waals surface area contributed by atoms with Gasteiger partial charge in [-0.3, -0.25) is 4.79 Å². The zero-order valence-corrected chi connectivity index (χ0v) is 17.5. The fraction of sp³-hybridized carbons (Fsp3) is 0.381. The summed E-state index contributed by atoms with van der Waals surface area (Å²) in [5.74, 6) is 1.89. The van der Waals surface area contributed by atoms with Crippen molar-refractivity contribution >= 4 is 17.2 Å². The van der Waals surface area contributed by atoms with Crippen molar-refractivity contribution < 1.29 is 9.53 Å². The summed E-state index contributed by atoms with van der Waals surface area (Å²) in [7, 11) is 1.94. The predicted molar refractivity (Wildman–Crippen MR) is 111 cm³/mol. The fourth-order valence-corrected chi connectivity index (χ4v) is 3.80. The second-order valence-corrected chi connectivity index (χ2v) is 7.82. The first-order valence-electron chi connectivity index (χ1n) is 9.42. The van der Waals surface area contributed by atoms with Crippen molar-refractivity contribution in [3.8, 4) is 16.3 Å². The van der Waals surface area contributed by atoms with Gasteiger partial charge in [-0.05, 0) is 37.1 Å². The highest BCUT2D eigenvalue weighted by atomic mass is 32.1. The number of ether oxygens (including phenoxy) is 1. The van der Waals surface area contributed by atoms with Crippen molar-refractivity contribution in [1.29, 1.82) is 0 Å². The van der Waals surface area contributed by atoms with E-state index < -0.39 is 0 Å². The lowest BCUT2D eigenvalue weighted by molar-refractivity contribution is -0.121. The molecule has 0 spiro atoms. The van der Waals surface area contributed by atoms with Gasteiger partial charge in [0.25, 0.3) is 0 Å². The molecule has 28 heavy (non-hydrogen) atoms. The Morgan fingerprint density at radius 2 is 2.04 bits per heavy atom. The molecule has 0 aliphatic carbocycles. The largest absolute Gasteiger partial charge is 0.494 e. The van der Waals surface area contributed by atoms with E-state index in [1.807, 2.05) is 54.4 Å². The van der Waals surface area contributed by atoms with E-state index >= 15 is 0 Å². The van der Waals surface area contributed by atoms with Gasteiger partial charge in [-0.1, -0.05) is 13.8 Å². The summed E-state index contributed by atoms with van der Waals surface area (Å²) < 4.78 is 7.42. The number of nitrogens with one attached hydrogen (secondary N) is 1. The summed E-state index contributed by atoms with van der Waals surface area (Å²) in [6, 6.07) is 7.73. The van der Waals surface area contributed by atoms with Crippen LogP contribution in [-0.4, -0.2) is 27.0 Å². The summed E-state index contributed by atoms with van der Waals surface area (Å²) in [5, 5.41) is 5.94. The average molecular weight is 399 g/mol. The van der Waals surface area contributed by atoms with Gasteiger partial charge in [-0.2, -0.15) is 0 Å². The number of carbonyl (C=O) groups excluding carboxylic acids is 1. The number of aryl methyl sites for hydroxylation is 1. The molecule has 3 aromatic rings. The lowest BCUT2D eigenvalue weighted by atomic mass is 10.0. The molecule has 3 rings (SSSR count). The van der Waals surface area contributed by atoms with Crippen molar-refractivity contribution in [3.63, 3.8) is 0 Å². The molecule has 1 amide bonds. The lowest BCUT2D eigenvalue weighted by Gasteiger charge is -2.21. The Balaban J connectivity index is 1.65. The Hall–Kier alpha value is -2.67. The molecule has 1 aromatic carbocycles. The topological polar surface area (TPSA) is 69.0 Å². The van der Waals surface area contributed by atoms with Crippen LogP contribution in [0.5, 0.6) is 5.75 Å². The van der Waals surface area contributed by atoms with E-state index in [0.29, 0.717) is 6.61 Å². The minimum atomic E-state index is -0.128. The molecule has 7 heteroatoms. The molecule has 0 bridgehead atoms. The first-order chi connectivity index (χ1) is 13.5. The summed E-state index contributed by atoms with van der Waals surface area (Å²) in [6.45, 7) is 6.76. The van der Waals surface area contributed by atoms with E-state index in [0.717, 1.165) is 27.8 Å². The zero-order valence-electron chi connectivity index (χ0n) is 16.7. The van der Waals surface area contributed by atoms with Crippen LogP contribution in [0.1, 0.15) is 38.3 Å². The smallest absolute Gasteiger partial charge is 0.226 e. The minimum absolute atomic E-state index is 0.0507. The molecule has 0 saturated carbocycles. The molecule has 1 atom stereocenters. The van der Waals surface area contributed by atoms with E-state index in [1.54, 1.807) is 17.5 Å². The SMILES string of the molecule is CCOc1ccc(-c2nc(CC(=O)N[C@H](c3nccn3C)C(C)C)cs2)cc1. The van der Waals surface area contributed by atoms with Gasteiger partial charge in [-0.15, -0.1) is 11.3 Å². The molecular weight excluding hydrogens is 372 g/mol. The van der Waals surface area contributed by atoms with E-state index in [2.05, 4.69) is 29.1 Å². The average Bonchev–Trinajstić information content (AvgIpc) is 3.29. The molecule has 6 nitrogen and oxygen atoms in total. The van der Waals surface area contributed by atoms with Crippen molar-refractivity contribution in [2.45, 2.75) is 33.2 Å². The Bertz CT molecular complexity index is 915. The van der Waals surface area contributed by atoms with Crippen LogP contribution >= 0.6 is 11.3 Å². The van der Waals surface area contributed by atoms with Crippen LogP contribution in [0.25, 0.3) is 10.6 Å². The van der Waals surface area contributed by atoms with Gasteiger partial charge < -0.3 is 14.6 Å². The molecule has 148 valence electrons. The van der Waals surface area contributed by atoms with Crippen molar-refractivity contribution in [1.82, 2.24) is 19.9 Å². The molecule has 0 aliphatic rings. The first-order valence-corrected chi connectivity index (χ1v) is 10.3. The molecule has 2 heterocycles. The minimum Gasteiger partial charge on any atom is -0.494 e. The Morgan fingerprint density at radius 3 is 2.64 bits per heavy atom. The van der Waals surface area contributed by atoms with Gasteiger partial charge in [0, 0.05) is 30.4 Å². The third-order valence-corrected chi connectivity index (χ3v) is 5.37. The van der Waals surface area contributed by atoms with Crippen molar-refractivity contribution in [2.24, 2.45) is 13.0 Å². The van der Waals surface area contributed by atoms with E-state index in [-0.39, 0.29) is 24.3 Å². The highest BCUT2D eigenvalue weighted by Gasteiger charge is 2.22. The normalized spacial score (nSPS) is 12.2. The number of thiazole rings is 1. The number of hydrogen-bond acceptors (Lipinski definition) is 5. The number of hydrogen-bond donors (Lipinski definition) is 1. The quantitative estimate of drug-likeness (QED) is 0.623. The number of aromatic nitrogens is 3. The number of imidazole rings is 1. The molecule has 2 aromatic heterocycles. The van der Waals surface area contributed by atoms with Gasteiger partial charge in [0.1, 0.15) is 16.6 Å². The van der Waals surface area contributed by atoms with Gasteiger partial charge in [0.15, 0.2) is 0 Å². The first kappa shape index (κ1) is 20.1. The third kappa shape index (κ3) is 4.78. The summed E-state index contributed by atoms with van der Waals surface area (Å²) in [6.07, 6.45) is 3.89. The van der Waals surface area contributed by atoms with Crippen LogP contribution in [0.2, 0.25) is 0 Å². The molecule has 0 aliphatic heterocycles. The maximum Gasteiger partial charge on any atom is 0.226 e. The lowest BCUT2D eigenvalue weighted by Crippen LogP contribution is -2.34. The second-order valence-electron chi connectivity index (χ2n) is 6.96. The van der Waals surface area contributed by atoms with Gasteiger partial charge in [-0.25, -0.2) is 9.97 Å².